The molecule has 0 unspecified atom stereocenters. The molecule has 0 saturated heterocycles. The Labute approximate surface area is 151 Å². The Morgan fingerprint density at radius 2 is 1.88 bits per heavy atom. The Balaban J connectivity index is 1.88. The van der Waals surface area contributed by atoms with Gasteiger partial charge in [0.05, 0.1) is 29.8 Å². The summed E-state index contributed by atoms with van der Waals surface area (Å²) in [6.07, 6.45) is 2.76. The van der Waals surface area contributed by atoms with Crippen LogP contribution in [0.4, 0.5) is 5.69 Å². The van der Waals surface area contributed by atoms with Gasteiger partial charge in [-0.3, -0.25) is 14.1 Å². The van der Waals surface area contributed by atoms with E-state index in [1.54, 1.807) is 18.7 Å². The minimum absolute atomic E-state index is 0.110. The van der Waals surface area contributed by atoms with E-state index in [1.165, 1.54) is 17.1 Å². The van der Waals surface area contributed by atoms with Crippen LogP contribution < -0.4 is 4.72 Å². The van der Waals surface area contributed by atoms with E-state index in [1.807, 2.05) is 31.2 Å². The summed E-state index contributed by atoms with van der Waals surface area (Å²) in [6.45, 7) is 4.13. The molecule has 0 spiro atoms. The standard InChI is InChI=1S/C16H18ClN5O2S/c1-11-16(20-25(23,24)15-8-18-21(3)10-15)12(2)22(19-11)9-13-4-6-14(17)7-5-13/h4-8,10,20H,9H2,1-3H3. The average Bonchev–Trinajstić information content (AvgIpc) is 3.09. The molecule has 0 bridgehead atoms. The lowest BCUT2D eigenvalue weighted by atomic mass is 10.2. The van der Waals surface area contributed by atoms with Gasteiger partial charge in [0.2, 0.25) is 0 Å². The van der Waals surface area contributed by atoms with Crippen molar-refractivity contribution in [3.8, 4) is 0 Å². The molecule has 0 radical (unpaired) electrons. The SMILES string of the molecule is Cc1nn(Cc2ccc(Cl)cc2)c(C)c1NS(=O)(=O)c1cnn(C)c1. The van der Waals surface area contributed by atoms with Crippen LogP contribution in [0, 0.1) is 13.8 Å². The van der Waals surface area contributed by atoms with Crippen LogP contribution in [0.3, 0.4) is 0 Å². The quantitative estimate of drug-likeness (QED) is 0.739. The molecule has 132 valence electrons. The van der Waals surface area contributed by atoms with Crippen LogP contribution in [0.25, 0.3) is 0 Å². The van der Waals surface area contributed by atoms with E-state index in [4.69, 9.17) is 11.6 Å². The third-order valence-corrected chi connectivity index (χ3v) is 5.41. The molecule has 0 amide bonds. The van der Waals surface area contributed by atoms with Gasteiger partial charge in [-0.25, -0.2) is 8.42 Å². The highest BCUT2D eigenvalue weighted by molar-refractivity contribution is 7.92. The van der Waals surface area contributed by atoms with Gasteiger partial charge < -0.3 is 0 Å². The van der Waals surface area contributed by atoms with Gasteiger partial charge in [0.1, 0.15) is 4.90 Å². The van der Waals surface area contributed by atoms with Crippen LogP contribution in [0.15, 0.2) is 41.6 Å². The topological polar surface area (TPSA) is 81.8 Å². The Bertz CT molecular complexity index is 1010. The van der Waals surface area contributed by atoms with Crippen molar-refractivity contribution in [3.05, 3.63) is 58.6 Å². The number of nitrogens with one attached hydrogen (secondary N) is 1. The number of aromatic nitrogens is 4. The number of hydrogen-bond donors (Lipinski definition) is 1. The van der Waals surface area contributed by atoms with E-state index < -0.39 is 10.0 Å². The molecular formula is C16H18ClN5O2S. The minimum atomic E-state index is -3.71. The van der Waals surface area contributed by atoms with E-state index >= 15 is 0 Å². The second kappa shape index (κ2) is 6.53. The van der Waals surface area contributed by atoms with E-state index in [2.05, 4.69) is 14.9 Å². The number of hydrogen-bond acceptors (Lipinski definition) is 4. The fourth-order valence-electron chi connectivity index (χ4n) is 2.49. The summed E-state index contributed by atoms with van der Waals surface area (Å²) in [5, 5.41) is 9.02. The van der Waals surface area contributed by atoms with Gasteiger partial charge in [-0.05, 0) is 31.5 Å². The van der Waals surface area contributed by atoms with Gasteiger partial charge in [-0.15, -0.1) is 0 Å². The summed E-state index contributed by atoms with van der Waals surface area (Å²) >= 11 is 5.90. The number of halogens is 1. The van der Waals surface area contributed by atoms with E-state index in [0.29, 0.717) is 22.9 Å². The zero-order chi connectivity index (χ0) is 18.2. The highest BCUT2D eigenvalue weighted by Gasteiger charge is 2.21. The summed E-state index contributed by atoms with van der Waals surface area (Å²) in [6, 6.07) is 7.46. The number of benzene rings is 1. The van der Waals surface area contributed by atoms with Crippen molar-refractivity contribution in [1.29, 1.82) is 0 Å². The Morgan fingerprint density at radius 3 is 2.48 bits per heavy atom. The maximum atomic E-state index is 12.5. The lowest BCUT2D eigenvalue weighted by Crippen LogP contribution is -2.13. The fraction of sp³-hybridized carbons (Fsp3) is 0.250. The second-order valence-corrected chi connectivity index (χ2v) is 7.90. The first kappa shape index (κ1) is 17.5. The highest BCUT2D eigenvalue weighted by atomic mass is 35.5. The Kier molecular flexibility index (Phi) is 4.57. The van der Waals surface area contributed by atoms with Gasteiger partial charge in [0.15, 0.2) is 0 Å². The predicted octanol–water partition coefficient (Wildman–Crippen LogP) is 2.74. The summed E-state index contributed by atoms with van der Waals surface area (Å²) in [5.41, 5.74) is 2.85. The molecule has 7 nitrogen and oxygen atoms in total. The molecule has 25 heavy (non-hydrogen) atoms. The molecular weight excluding hydrogens is 362 g/mol. The van der Waals surface area contributed by atoms with E-state index in [-0.39, 0.29) is 4.90 Å². The molecule has 3 rings (SSSR count). The fourth-order valence-corrected chi connectivity index (χ4v) is 3.78. The summed E-state index contributed by atoms with van der Waals surface area (Å²) in [5.74, 6) is 0. The molecule has 0 fully saturated rings. The predicted molar refractivity (Wildman–Crippen MR) is 96.3 cm³/mol. The maximum Gasteiger partial charge on any atom is 0.265 e. The van der Waals surface area contributed by atoms with Crippen molar-refractivity contribution >= 4 is 27.3 Å². The van der Waals surface area contributed by atoms with Crippen LogP contribution in [0.2, 0.25) is 5.02 Å². The molecule has 1 aromatic carbocycles. The molecule has 2 heterocycles. The molecule has 0 aliphatic rings. The molecule has 0 atom stereocenters. The molecule has 0 aliphatic carbocycles. The first-order chi connectivity index (χ1) is 11.8. The molecule has 1 N–H and O–H groups in total. The van der Waals surface area contributed by atoms with Crippen molar-refractivity contribution < 1.29 is 8.42 Å². The van der Waals surface area contributed by atoms with Crippen molar-refractivity contribution in [2.24, 2.45) is 7.05 Å². The number of rotatable bonds is 5. The highest BCUT2D eigenvalue weighted by Crippen LogP contribution is 2.24. The zero-order valence-electron chi connectivity index (χ0n) is 14.1. The molecule has 2 aromatic heterocycles. The molecule has 3 aromatic rings. The third kappa shape index (κ3) is 3.69. The van der Waals surface area contributed by atoms with Gasteiger partial charge >= 0.3 is 0 Å². The molecule has 0 saturated carbocycles. The van der Waals surface area contributed by atoms with Gasteiger partial charge in [-0.1, -0.05) is 23.7 Å². The summed E-state index contributed by atoms with van der Waals surface area (Å²) < 4.78 is 30.8. The molecule has 9 heteroatoms. The van der Waals surface area contributed by atoms with Crippen LogP contribution in [-0.2, 0) is 23.6 Å². The summed E-state index contributed by atoms with van der Waals surface area (Å²) in [7, 11) is -2.04. The first-order valence-electron chi connectivity index (χ1n) is 7.56. The van der Waals surface area contributed by atoms with Crippen LogP contribution in [0.5, 0.6) is 0 Å². The van der Waals surface area contributed by atoms with Crippen LogP contribution >= 0.6 is 11.6 Å². The van der Waals surface area contributed by atoms with Gasteiger partial charge in [0.25, 0.3) is 10.0 Å². The van der Waals surface area contributed by atoms with Crippen LogP contribution in [-0.4, -0.2) is 28.0 Å². The van der Waals surface area contributed by atoms with Crippen molar-refractivity contribution in [2.45, 2.75) is 25.3 Å². The Hall–Kier alpha value is -2.32. The van der Waals surface area contributed by atoms with Crippen LogP contribution in [0.1, 0.15) is 17.0 Å². The van der Waals surface area contributed by atoms with E-state index in [0.717, 1.165) is 11.3 Å². The summed E-state index contributed by atoms with van der Waals surface area (Å²) in [4.78, 5) is 0.110. The first-order valence-corrected chi connectivity index (χ1v) is 9.42. The van der Waals surface area contributed by atoms with Gasteiger partial charge in [-0.2, -0.15) is 10.2 Å². The Morgan fingerprint density at radius 1 is 1.20 bits per heavy atom. The third-order valence-electron chi connectivity index (χ3n) is 3.86. The largest absolute Gasteiger partial charge is 0.276 e. The zero-order valence-corrected chi connectivity index (χ0v) is 15.6. The van der Waals surface area contributed by atoms with Gasteiger partial charge in [0, 0.05) is 18.3 Å². The number of sulfonamides is 1. The van der Waals surface area contributed by atoms with Crippen molar-refractivity contribution in [2.75, 3.05) is 4.72 Å². The minimum Gasteiger partial charge on any atom is -0.276 e. The maximum absolute atomic E-state index is 12.5. The second-order valence-electron chi connectivity index (χ2n) is 5.79. The molecule has 0 aliphatic heterocycles. The lowest BCUT2D eigenvalue weighted by Gasteiger charge is -2.08. The number of aryl methyl sites for hydroxylation is 2. The number of nitrogens with zero attached hydrogens (tertiary/aromatic N) is 4. The monoisotopic (exact) mass is 379 g/mol. The lowest BCUT2D eigenvalue weighted by molar-refractivity contribution is 0.601. The van der Waals surface area contributed by atoms with E-state index in [9.17, 15) is 8.42 Å². The van der Waals surface area contributed by atoms with Crippen molar-refractivity contribution in [3.63, 3.8) is 0 Å². The normalized spacial score (nSPS) is 11.7. The van der Waals surface area contributed by atoms with Crippen molar-refractivity contribution in [1.82, 2.24) is 19.6 Å². The smallest absolute Gasteiger partial charge is 0.265 e. The average molecular weight is 380 g/mol. The number of anilines is 1.